The van der Waals surface area contributed by atoms with Crippen LogP contribution in [-0.2, 0) is 9.63 Å². The smallest absolute Gasteiger partial charge is 0.246 e. The highest BCUT2D eigenvalue weighted by molar-refractivity contribution is 5.75. The van der Waals surface area contributed by atoms with E-state index < -0.39 is 0 Å². The van der Waals surface area contributed by atoms with Crippen molar-refractivity contribution in [2.75, 3.05) is 13.2 Å². The highest BCUT2D eigenvalue weighted by Gasteiger charge is 2.23. The molecule has 0 spiro atoms. The molecule has 3 heteroatoms. The molecule has 0 unspecified atom stereocenters. The molecule has 1 saturated carbocycles. The van der Waals surface area contributed by atoms with Gasteiger partial charge in [0.25, 0.3) is 0 Å². The van der Waals surface area contributed by atoms with Crippen LogP contribution in [0.15, 0.2) is 0 Å². The Hall–Kier alpha value is -0.570. The first-order valence-corrected chi connectivity index (χ1v) is 5.79. The highest BCUT2D eigenvalue weighted by Crippen LogP contribution is 2.28. The Labute approximate surface area is 85.4 Å². The van der Waals surface area contributed by atoms with E-state index in [1.54, 1.807) is 5.06 Å². The molecule has 1 amide bonds. The van der Waals surface area contributed by atoms with E-state index in [1.165, 1.54) is 25.7 Å². The summed E-state index contributed by atoms with van der Waals surface area (Å²) >= 11 is 0. The first-order valence-electron chi connectivity index (χ1n) is 5.79. The van der Waals surface area contributed by atoms with Gasteiger partial charge in [0.15, 0.2) is 0 Å². The number of rotatable bonds is 2. The second-order valence-electron chi connectivity index (χ2n) is 4.39. The second-order valence-corrected chi connectivity index (χ2v) is 4.39. The Morgan fingerprint density at radius 2 is 2.00 bits per heavy atom. The molecule has 0 bridgehead atoms. The summed E-state index contributed by atoms with van der Waals surface area (Å²) in [5.41, 5.74) is 0. The molecular formula is C11H19NO2. The van der Waals surface area contributed by atoms with Crippen molar-refractivity contribution in [3.8, 4) is 0 Å². The van der Waals surface area contributed by atoms with Crippen LogP contribution in [0.25, 0.3) is 0 Å². The molecule has 0 radical (unpaired) electrons. The predicted octanol–water partition coefficient (Wildman–Crippen LogP) is 2.12. The molecule has 1 aliphatic carbocycles. The van der Waals surface area contributed by atoms with Crippen LogP contribution in [0, 0.1) is 5.92 Å². The largest absolute Gasteiger partial charge is 0.273 e. The summed E-state index contributed by atoms with van der Waals surface area (Å²) in [6.45, 7) is 1.52. The van der Waals surface area contributed by atoms with Crippen molar-refractivity contribution in [1.82, 2.24) is 5.06 Å². The zero-order chi connectivity index (χ0) is 9.80. The average Bonchev–Trinajstić information content (AvgIpc) is 2.72. The lowest BCUT2D eigenvalue weighted by molar-refractivity contribution is -0.197. The van der Waals surface area contributed by atoms with Crippen LogP contribution in [0.5, 0.6) is 0 Å². The first-order chi connectivity index (χ1) is 6.86. The van der Waals surface area contributed by atoms with Crippen LogP contribution in [0.1, 0.15) is 44.9 Å². The lowest BCUT2D eigenvalue weighted by atomic mass is 10.0. The van der Waals surface area contributed by atoms with Gasteiger partial charge in [0.05, 0.1) is 6.61 Å². The fourth-order valence-corrected chi connectivity index (χ4v) is 2.36. The fourth-order valence-electron chi connectivity index (χ4n) is 2.36. The van der Waals surface area contributed by atoms with Gasteiger partial charge in [-0.2, -0.15) is 0 Å². The lowest BCUT2D eigenvalue weighted by Crippen LogP contribution is -2.36. The molecule has 80 valence electrons. The minimum Gasteiger partial charge on any atom is -0.273 e. The van der Waals surface area contributed by atoms with Crippen LogP contribution in [0.2, 0.25) is 0 Å². The molecule has 1 saturated heterocycles. The summed E-state index contributed by atoms with van der Waals surface area (Å²) in [4.78, 5) is 17.1. The summed E-state index contributed by atoms with van der Waals surface area (Å²) in [5.74, 6) is 0.838. The third-order valence-corrected chi connectivity index (χ3v) is 3.22. The van der Waals surface area contributed by atoms with Gasteiger partial charge in [0.2, 0.25) is 5.91 Å². The summed E-state index contributed by atoms with van der Waals surface area (Å²) < 4.78 is 0. The van der Waals surface area contributed by atoms with E-state index in [1.807, 2.05) is 0 Å². The van der Waals surface area contributed by atoms with Crippen molar-refractivity contribution in [2.24, 2.45) is 5.92 Å². The Kier molecular flexibility index (Phi) is 3.40. The molecule has 0 atom stereocenters. The fraction of sp³-hybridized carbons (Fsp3) is 0.909. The minimum absolute atomic E-state index is 0.205. The van der Waals surface area contributed by atoms with Gasteiger partial charge < -0.3 is 0 Å². The van der Waals surface area contributed by atoms with Crippen molar-refractivity contribution in [2.45, 2.75) is 44.9 Å². The summed E-state index contributed by atoms with van der Waals surface area (Å²) in [7, 11) is 0. The number of hydrogen-bond donors (Lipinski definition) is 0. The van der Waals surface area contributed by atoms with E-state index in [-0.39, 0.29) is 5.91 Å². The molecule has 2 fully saturated rings. The molecule has 2 aliphatic rings. The molecule has 0 aromatic heterocycles. The minimum atomic E-state index is 0.205. The zero-order valence-corrected chi connectivity index (χ0v) is 8.71. The maximum absolute atomic E-state index is 11.8. The number of nitrogens with zero attached hydrogens (tertiary/aromatic N) is 1. The number of amides is 1. The Bertz CT molecular complexity index is 193. The second kappa shape index (κ2) is 4.78. The number of hydrogen-bond acceptors (Lipinski definition) is 2. The van der Waals surface area contributed by atoms with Gasteiger partial charge in [-0.1, -0.05) is 12.8 Å². The van der Waals surface area contributed by atoms with Crippen molar-refractivity contribution in [1.29, 1.82) is 0 Å². The normalized spacial score (nSPS) is 24.1. The monoisotopic (exact) mass is 197 g/mol. The standard InChI is InChI=1S/C11H19NO2/c13-11(9-10-5-1-2-6-10)12-7-3-4-8-14-12/h10H,1-9H2. The van der Waals surface area contributed by atoms with Gasteiger partial charge in [-0.15, -0.1) is 0 Å². The lowest BCUT2D eigenvalue weighted by Gasteiger charge is -2.26. The van der Waals surface area contributed by atoms with Crippen molar-refractivity contribution in [3.63, 3.8) is 0 Å². The summed E-state index contributed by atoms with van der Waals surface area (Å²) in [6.07, 6.45) is 7.97. The molecule has 0 aromatic carbocycles. The van der Waals surface area contributed by atoms with Crippen LogP contribution in [0.3, 0.4) is 0 Å². The summed E-state index contributed by atoms with van der Waals surface area (Å²) in [6, 6.07) is 0. The van der Waals surface area contributed by atoms with Gasteiger partial charge in [-0.05, 0) is 31.6 Å². The van der Waals surface area contributed by atoms with Gasteiger partial charge in [0.1, 0.15) is 0 Å². The van der Waals surface area contributed by atoms with E-state index in [4.69, 9.17) is 4.84 Å². The molecule has 3 nitrogen and oxygen atoms in total. The number of hydroxylamine groups is 2. The highest BCUT2D eigenvalue weighted by atomic mass is 16.7. The van der Waals surface area contributed by atoms with Gasteiger partial charge in [0, 0.05) is 13.0 Å². The predicted molar refractivity (Wildman–Crippen MR) is 53.5 cm³/mol. The van der Waals surface area contributed by atoms with Gasteiger partial charge >= 0.3 is 0 Å². The van der Waals surface area contributed by atoms with Crippen LogP contribution in [-0.4, -0.2) is 24.1 Å². The quantitative estimate of drug-likeness (QED) is 0.678. The van der Waals surface area contributed by atoms with Crippen LogP contribution >= 0.6 is 0 Å². The Morgan fingerprint density at radius 3 is 2.64 bits per heavy atom. The molecule has 0 N–H and O–H groups in total. The number of carbonyl (C=O) groups excluding carboxylic acids is 1. The Balaban J connectivity index is 1.75. The molecule has 1 heterocycles. The zero-order valence-electron chi connectivity index (χ0n) is 8.71. The Morgan fingerprint density at radius 1 is 1.21 bits per heavy atom. The summed E-state index contributed by atoms with van der Waals surface area (Å²) in [5, 5.41) is 1.59. The third kappa shape index (κ3) is 2.47. The molecule has 14 heavy (non-hydrogen) atoms. The number of carbonyl (C=O) groups is 1. The van der Waals surface area contributed by atoms with Gasteiger partial charge in [-0.3, -0.25) is 9.63 Å². The van der Waals surface area contributed by atoms with Crippen molar-refractivity contribution >= 4 is 5.91 Å². The van der Waals surface area contributed by atoms with Crippen LogP contribution < -0.4 is 0 Å². The maximum Gasteiger partial charge on any atom is 0.246 e. The average molecular weight is 197 g/mol. The third-order valence-electron chi connectivity index (χ3n) is 3.22. The molecule has 2 rings (SSSR count). The van der Waals surface area contributed by atoms with E-state index in [0.29, 0.717) is 12.3 Å². The van der Waals surface area contributed by atoms with E-state index >= 15 is 0 Å². The maximum atomic E-state index is 11.8. The van der Waals surface area contributed by atoms with E-state index in [2.05, 4.69) is 0 Å². The topological polar surface area (TPSA) is 29.5 Å². The molecule has 1 aliphatic heterocycles. The molecular weight excluding hydrogens is 178 g/mol. The SMILES string of the molecule is O=C(CC1CCCC1)N1CCCCO1. The van der Waals surface area contributed by atoms with Crippen LogP contribution in [0.4, 0.5) is 0 Å². The van der Waals surface area contributed by atoms with Crippen molar-refractivity contribution < 1.29 is 9.63 Å². The van der Waals surface area contributed by atoms with Gasteiger partial charge in [-0.25, -0.2) is 5.06 Å². The molecule has 0 aromatic rings. The first kappa shape index (κ1) is 9.97. The van der Waals surface area contributed by atoms with Crippen molar-refractivity contribution in [3.05, 3.63) is 0 Å². The van der Waals surface area contributed by atoms with E-state index in [9.17, 15) is 4.79 Å². The van der Waals surface area contributed by atoms with E-state index in [0.717, 1.165) is 26.0 Å².